The van der Waals surface area contributed by atoms with Crippen molar-refractivity contribution < 1.29 is 4.42 Å². The van der Waals surface area contributed by atoms with E-state index >= 15 is 0 Å². The van der Waals surface area contributed by atoms with E-state index in [1.165, 1.54) is 25.6 Å². The van der Waals surface area contributed by atoms with Crippen molar-refractivity contribution in [2.75, 3.05) is 0 Å². The van der Waals surface area contributed by atoms with Gasteiger partial charge in [0.2, 0.25) is 5.95 Å². The van der Waals surface area contributed by atoms with Crippen LogP contribution >= 0.6 is 11.3 Å². The number of aromatic nitrogens is 4. The number of furan rings is 1. The Hall–Kier alpha value is -7.15. The number of hydrogen-bond donors (Lipinski definition) is 0. The Morgan fingerprint density at radius 2 is 1.11 bits per heavy atom. The normalized spacial score (nSPS) is 12.0. The minimum atomic E-state index is 0.572. The van der Waals surface area contributed by atoms with Gasteiger partial charge in [-0.05, 0) is 81.6 Å². The summed E-state index contributed by atoms with van der Waals surface area (Å²) in [4.78, 5) is 16.0. The summed E-state index contributed by atoms with van der Waals surface area (Å²) in [6, 6.07) is 57.5. The van der Waals surface area contributed by atoms with Crippen molar-refractivity contribution in [3.05, 3.63) is 170 Å². The summed E-state index contributed by atoms with van der Waals surface area (Å²) in [7, 11) is 0. The minimum Gasteiger partial charge on any atom is -0.452 e. The quantitative estimate of drug-likeness (QED) is 0.182. The number of para-hydroxylation sites is 1. The Morgan fingerprint density at radius 1 is 0.491 bits per heavy atom. The van der Waals surface area contributed by atoms with E-state index in [2.05, 4.69) is 144 Å². The zero-order valence-electron chi connectivity index (χ0n) is 29.3. The molecule has 5 aromatic heterocycles. The van der Waals surface area contributed by atoms with Crippen LogP contribution in [0.3, 0.4) is 0 Å². The molecule has 0 aliphatic heterocycles. The molecule has 0 N–H and O–H groups in total. The van der Waals surface area contributed by atoms with E-state index in [-0.39, 0.29) is 0 Å². The lowest BCUT2D eigenvalue weighted by Crippen LogP contribution is -2.03. The highest BCUT2D eigenvalue weighted by Crippen LogP contribution is 2.48. The maximum atomic E-state index is 6.70. The summed E-state index contributed by atoms with van der Waals surface area (Å²) in [6.45, 7) is 0. The lowest BCUT2D eigenvalue weighted by atomic mass is 9.95. The summed E-state index contributed by atoms with van der Waals surface area (Å²) < 4.78 is 11.4. The van der Waals surface area contributed by atoms with Gasteiger partial charge in [0.1, 0.15) is 16.8 Å². The molecule has 0 aliphatic rings. The minimum absolute atomic E-state index is 0.572. The fourth-order valence-electron chi connectivity index (χ4n) is 8.42. The first kappa shape index (κ1) is 30.3. The smallest absolute Gasteiger partial charge is 0.236 e. The molecule has 0 aliphatic carbocycles. The monoisotopic (exact) mass is 720 g/mol. The van der Waals surface area contributed by atoms with Crippen molar-refractivity contribution in [1.29, 1.82) is 0 Å². The van der Waals surface area contributed by atoms with Crippen LogP contribution < -0.4 is 0 Å². The summed E-state index contributed by atoms with van der Waals surface area (Å²) in [5.41, 5.74) is 11.3. The van der Waals surface area contributed by atoms with Crippen LogP contribution in [-0.2, 0) is 0 Å². The Balaban J connectivity index is 1.25. The highest BCUT2D eigenvalue weighted by Gasteiger charge is 2.26. The molecule has 0 amide bonds. The SMILES string of the molecule is c1ccc(-c2cc(-c3ccccc3)cc(-c3nc(-n4c5cccnc5c5c6ccccc6c6c7ccccc7sc6c54)nc4c3oc3ccccc34)c2)cc1. The van der Waals surface area contributed by atoms with Crippen molar-refractivity contribution in [1.82, 2.24) is 19.5 Å². The van der Waals surface area contributed by atoms with E-state index in [1.54, 1.807) is 0 Å². The zero-order chi connectivity index (χ0) is 36.0. The number of benzene rings is 7. The van der Waals surface area contributed by atoms with Crippen LogP contribution in [-0.4, -0.2) is 19.5 Å². The second kappa shape index (κ2) is 11.7. The number of pyridine rings is 1. The van der Waals surface area contributed by atoms with E-state index in [0.29, 0.717) is 11.5 Å². The molecule has 6 heteroatoms. The van der Waals surface area contributed by atoms with Crippen molar-refractivity contribution in [2.45, 2.75) is 0 Å². The van der Waals surface area contributed by atoms with Gasteiger partial charge in [0.05, 0.1) is 21.3 Å². The number of thiophene rings is 1. The van der Waals surface area contributed by atoms with Crippen molar-refractivity contribution in [3.8, 4) is 39.5 Å². The van der Waals surface area contributed by atoms with Gasteiger partial charge in [-0.3, -0.25) is 9.55 Å². The van der Waals surface area contributed by atoms with Gasteiger partial charge in [-0.15, -0.1) is 11.3 Å². The molecule has 5 nitrogen and oxygen atoms in total. The van der Waals surface area contributed by atoms with Crippen LogP contribution in [0, 0.1) is 0 Å². The molecule has 0 spiro atoms. The van der Waals surface area contributed by atoms with Crippen LogP contribution in [0.2, 0.25) is 0 Å². The van der Waals surface area contributed by atoms with Crippen LogP contribution in [0.4, 0.5) is 0 Å². The lowest BCUT2D eigenvalue weighted by Gasteiger charge is -2.13. The first-order valence-corrected chi connectivity index (χ1v) is 19.2. The summed E-state index contributed by atoms with van der Waals surface area (Å²) >= 11 is 1.81. The number of fused-ring (bicyclic) bond motifs is 13. The second-order valence-electron chi connectivity index (χ2n) is 14.0. The third-order valence-electron chi connectivity index (χ3n) is 10.8. The molecule has 0 radical (unpaired) electrons. The van der Waals surface area contributed by atoms with Gasteiger partial charge in [0, 0.05) is 38.0 Å². The van der Waals surface area contributed by atoms with E-state index < -0.39 is 0 Å². The predicted molar refractivity (Wildman–Crippen MR) is 228 cm³/mol. The molecular formula is C49H28N4OS. The number of hydrogen-bond acceptors (Lipinski definition) is 5. The fraction of sp³-hybridized carbons (Fsp3) is 0. The molecule has 0 saturated heterocycles. The Bertz CT molecular complexity index is 3430. The molecule has 0 bridgehead atoms. The van der Waals surface area contributed by atoms with Gasteiger partial charge in [0.15, 0.2) is 5.58 Å². The van der Waals surface area contributed by atoms with E-state index in [9.17, 15) is 0 Å². The Morgan fingerprint density at radius 3 is 1.85 bits per heavy atom. The first-order valence-electron chi connectivity index (χ1n) is 18.4. The molecule has 0 atom stereocenters. The molecule has 0 fully saturated rings. The third kappa shape index (κ3) is 4.49. The van der Waals surface area contributed by atoms with Crippen molar-refractivity contribution in [2.24, 2.45) is 0 Å². The van der Waals surface area contributed by atoms with Gasteiger partial charge in [-0.25, -0.2) is 9.97 Å². The molecule has 12 rings (SSSR count). The van der Waals surface area contributed by atoms with E-state index in [1.807, 2.05) is 41.8 Å². The molecule has 12 aromatic rings. The van der Waals surface area contributed by atoms with Gasteiger partial charge in [0.25, 0.3) is 0 Å². The maximum absolute atomic E-state index is 6.70. The summed E-state index contributed by atoms with van der Waals surface area (Å²) in [5, 5.41) is 6.91. The van der Waals surface area contributed by atoms with Crippen molar-refractivity contribution >= 4 is 86.3 Å². The molecule has 7 aromatic carbocycles. The molecule has 0 saturated carbocycles. The first-order chi connectivity index (χ1) is 27.3. The van der Waals surface area contributed by atoms with E-state index in [0.717, 1.165) is 77.3 Å². The average molecular weight is 721 g/mol. The van der Waals surface area contributed by atoms with Gasteiger partial charge in [-0.2, -0.15) is 0 Å². The maximum Gasteiger partial charge on any atom is 0.236 e. The standard InChI is InChI=1S/C49H28N4OS/c1-3-14-29(15-4-1)31-26-32(30-16-5-2-6-17-30)28-33(27-31)43-47-44(36-20-9-11-23-39(36)54-47)52-49(51-43)53-38-22-13-25-50-45(38)42-35-19-8-7-18-34(35)41-37-21-10-12-24-40(37)55-48(41)46(42)53/h1-28H. The highest BCUT2D eigenvalue weighted by molar-refractivity contribution is 7.27. The topological polar surface area (TPSA) is 56.7 Å². The van der Waals surface area contributed by atoms with Crippen LogP contribution in [0.1, 0.15) is 0 Å². The molecular weight excluding hydrogens is 693 g/mol. The van der Waals surface area contributed by atoms with Gasteiger partial charge < -0.3 is 4.42 Å². The van der Waals surface area contributed by atoms with Gasteiger partial charge in [-0.1, -0.05) is 115 Å². The van der Waals surface area contributed by atoms with Gasteiger partial charge >= 0.3 is 0 Å². The number of nitrogens with zero attached hydrogens (tertiary/aromatic N) is 4. The average Bonchev–Trinajstić information content (AvgIpc) is 3.94. The molecule has 5 heterocycles. The van der Waals surface area contributed by atoms with Crippen LogP contribution in [0.5, 0.6) is 0 Å². The largest absolute Gasteiger partial charge is 0.452 e. The summed E-state index contributed by atoms with van der Waals surface area (Å²) in [6.07, 6.45) is 1.88. The second-order valence-corrected chi connectivity index (χ2v) is 15.0. The fourth-order valence-corrected chi connectivity index (χ4v) is 9.68. The van der Waals surface area contributed by atoms with E-state index in [4.69, 9.17) is 19.4 Å². The molecule has 256 valence electrons. The molecule has 55 heavy (non-hydrogen) atoms. The van der Waals surface area contributed by atoms with Crippen LogP contribution in [0.25, 0.3) is 114 Å². The molecule has 0 unspecified atom stereocenters. The predicted octanol–water partition coefficient (Wildman–Crippen LogP) is 13.4. The Kier molecular flexibility index (Phi) is 6.44. The third-order valence-corrected chi connectivity index (χ3v) is 12.0. The summed E-state index contributed by atoms with van der Waals surface area (Å²) in [5.74, 6) is 0.572. The lowest BCUT2D eigenvalue weighted by molar-refractivity contribution is 0.666. The number of rotatable bonds is 4. The van der Waals surface area contributed by atoms with Crippen molar-refractivity contribution in [3.63, 3.8) is 0 Å². The zero-order valence-corrected chi connectivity index (χ0v) is 30.1. The Labute approximate surface area is 318 Å². The van der Waals surface area contributed by atoms with Crippen LogP contribution in [0.15, 0.2) is 174 Å². The highest BCUT2D eigenvalue weighted by atomic mass is 32.1.